The van der Waals surface area contributed by atoms with Crippen LogP contribution in [0.3, 0.4) is 0 Å². The number of anilines is 1. The van der Waals surface area contributed by atoms with Gasteiger partial charge in [-0.25, -0.2) is 4.98 Å². The van der Waals surface area contributed by atoms with Crippen LogP contribution in [0, 0.1) is 5.92 Å². The summed E-state index contributed by atoms with van der Waals surface area (Å²) < 4.78 is 1.83. The van der Waals surface area contributed by atoms with E-state index in [2.05, 4.69) is 4.98 Å². The van der Waals surface area contributed by atoms with Crippen LogP contribution >= 0.6 is 0 Å². The summed E-state index contributed by atoms with van der Waals surface area (Å²) in [6, 6.07) is 7.52. The Morgan fingerprint density at radius 2 is 2.05 bits per heavy atom. The maximum atomic E-state index is 12.1. The van der Waals surface area contributed by atoms with Crippen LogP contribution < -0.4 is 10.6 Å². The number of carbonyl (C=O) groups excluding carboxylic acids is 2. The number of nitrogens with two attached hydrogens (primary N) is 1. The second kappa shape index (κ2) is 4.80. The molecule has 1 atom stereocenters. The first-order valence-electron chi connectivity index (χ1n) is 6.34. The first-order valence-corrected chi connectivity index (χ1v) is 6.34. The summed E-state index contributed by atoms with van der Waals surface area (Å²) in [5, 5.41) is 0. The van der Waals surface area contributed by atoms with Crippen LogP contribution in [-0.2, 0) is 9.59 Å². The molecule has 0 aliphatic carbocycles. The third-order valence-electron chi connectivity index (χ3n) is 3.48. The maximum Gasteiger partial charge on any atom is 0.227 e. The zero-order chi connectivity index (χ0) is 14.1. The van der Waals surface area contributed by atoms with E-state index in [-0.39, 0.29) is 12.3 Å². The van der Waals surface area contributed by atoms with Gasteiger partial charge in [-0.2, -0.15) is 0 Å². The summed E-state index contributed by atoms with van der Waals surface area (Å²) in [5.41, 5.74) is 6.91. The van der Waals surface area contributed by atoms with Gasteiger partial charge in [0.15, 0.2) is 0 Å². The van der Waals surface area contributed by atoms with Gasteiger partial charge in [-0.1, -0.05) is 12.1 Å². The number of hydrogen-bond donors (Lipinski definition) is 1. The minimum Gasteiger partial charge on any atom is -0.369 e. The zero-order valence-electron chi connectivity index (χ0n) is 10.8. The molecule has 0 bridgehead atoms. The number of imidazole rings is 1. The molecule has 0 radical (unpaired) electrons. The Morgan fingerprint density at radius 3 is 2.65 bits per heavy atom. The van der Waals surface area contributed by atoms with E-state index in [1.54, 1.807) is 17.4 Å². The first kappa shape index (κ1) is 12.4. The maximum absolute atomic E-state index is 12.1. The van der Waals surface area contributed by atoms with E-state index in [4.69, 9.17) is 5.73 Å². The second-order valence-electron chi connectivity index (χ2n) is 4.77. The SMILES string of the molecule is NC(=O)C1CC(=O)N(c2ccccc2-n2ccnc2)C1. The number of aromatic nitrogens is 2. The molecule has 1 aliphatic rings. The lowest BCUT2D eigenvalue weighted by atomic mass is 10.1. The molecule has 2 aromatic rings. The van der Waals surface area contributed by atoms with Crippen LogP contribution in [-0.4, -0.2) is 27.9 Å². The van der Waals surface area contributed by atoms with Crippen molar-refractivity contribution >= 4 is 17.5 Å². The minimum atomic E-state index is -0.430. The van der Waals surface area contributed by atoms with Crippen molar-refractivity contribution in [2.45, 2.75) is 6.42 Å². The summed E-state index contributed by atoms with van der Waals surface area (Å²) >= 11 is 0. The average molecular weight is 270 g/mol. The lowest BCUT2D eigenvalue weighted by molar-refractivity contribution is -0.123. The van der Waals surface area contributed by atoms with Crippen LogP contribution in [0.4, 0.5) is 5.69 Å². The molecule has 0 saturated carbocycles. The fraction of sp³-hybridized carbons (Fsp3) is 0.214. The van der Waals surface area contributed by atoms with Crippen molar-refractivity contribution in [3.05, 3.63) is 43.0 Å². The molecule has 1 saturated heterocycles. The Bertz CT molecular complexity index is 651. The number of para-hydroxylation sites is 2. The summed E-state index contributed by atoms with van der Waals surface area (Å²) in [5.74, 6) is -0.930. The highest BCUT2D eigenvalue weighted by Gasteiger charge is 2.34. The number of amides is 2. The van der Waals surface area contributed by atoms with Crippen molar-refractivity contribution in [2.75, 3.05) is 11.4 Å². The largest absolute Gasteiger partial charge is 0.369 e. The van der Waals surface area contributed by atoms with Crippen molar-refractivity contribution < 1.29 is 9.59 Å². The van der Waals surface area contributed by atoms with Gasteiger partial charge in [0.05, 0.1) is 23.6 Å². The van der Waals surface area contributed by atoms with Crippen LogP contribution in [0.1, 0.15) is 6.42 Å². The molecule has 1 aromatic carbocycles. The van der Waals surface area contributed by atoms with E-state index in [0.29, 0.717) is 6.54 Å². The van der Waals surface area contributed by atoms with E-state index >= 15 is 0 Å². The fourth-order valence-corrected chi connectivity index (χ4v) is 2.44. The monoisotopic (exact) mass is 270 g/mol. The standard InChI is InChI=1S/C14H14N4O2/c15-14(20)10-7-13(19)18(8-10)12-4-2-1-3-11(12)17-6-5-16-9-17/h1-6,9-10H,7-8H2,(H2,15,20). The Hall–Kier alpha value is -2.63. The van der Waals surface area contributed by atoms with Gasteiger partial charge in [0.2, 0.25) is 11.8 Å². The van der Waals surface area contributed by atoms with Crippen LogP contribution in [0.15, 0.2) is 43.0 Å². The van der Waals surface area contributed by atoms with Gasteiger partial charge in [-0.05, 0) is 12.1 Å². The van der Waals surface area contributed by atoms with E-state index in [9.17, 15) is 9.59 Å². The molecule has 20 heavy (non-hydrogen) atoms. The molecule has 0 spiro atoms. The molecule has 6 heteroatoms. The van der Waals surface area contributed by atoms with E-state index < -0.39 is 11.8 Å². The molecule has 2 heterocycles. The normalized spacial score (nSPS) is 18.5. The van der Waals surface area contributed by atoms with Gasteiger partial charge in [0.1, 0.15) is 0 Å². The Morgan fingerprint density at radius 1 is 1.30 bits per heavy atom. The van der Waals surface area contributed by atoms with Crippen molar-refractivity contribution in [1.82, 2.24) is 9.55 Å². The first-order chi connectivity index (χ1) is 9.66. The molecule has 1 aromatic heterocycles. The van der Waals surface area contributed by atoms with Gasteiger partial charge >= 0.3 is 0 Å². The minimum absolute atomic E-state index is 0.0821. The average Bonchev–Trinajstić information content (AvgIpc) is 3.08. The Balaban J connectivity index is 1.99. The molecule has 1 fully saturated rings. The van der Waals surface area contributed by atoms with Crippen LogP contribution in [0.5, 0.6) is 0 Å². The van der Waals surface area contributed by atoms with Gasteiger partial charge in [-0.3, -0.25) is 9.59 Å². The Kier molecular flexibility index (Phi) is 2.98. The number of rotatable bonds is 3. The van der Waals surface area contributed by atoms with E-state index in [1.165, 1.54) is 0 Å². The van der Waals surface area contributed by atoms with Gasteiger partial charge in [0, 0.05) is 25.4 Å². The molecule has 2 amide bonds. The number of carbonyl (C=O) groups is 2. The van der Waals surface area contributed by atoms with Crippen molar-refractivity contribution in [3.63, 3.8) is 0 Å². The van der Waals surface area contributed by atoms with Gasteiger partial charge in [-0.15, -0.1) is 0 Å². The van der Waals surface area contributed by atoms with Crippen molar-refractivity contribution in [1.29, 1.82) is 0 Å². The fourth-order valence-electron chi connectivity index (χ4n) is 2.44. The smallest absolute Gasteiger partial charge is 0.227 e. The number of hydrogen-bond acceptors (Lipinski definition) is 3. The molecular formula is C14H14N4O2. The summed E-state index contributed by atoms with van der Waals surface area (Å²) in [7, 11) is 0. The lowest BCUT2D eigenvalue weighted by Gasteiger charge is -2.20. The summed E-state index contributed by atoms with van der Waals surface area (Å²) in [4.78, 5) is 29.0. The number of benzene rings is 1. The molecule has 2 N–H and O–H groups in total. The highest BCUT2D eigenvalue weighted by Crippen LogP contribution is 2.30. The van der Waals surface area contributed by atoms with E-state index in [0.717, 1.165) is 11.4 Å². The molecule has 3 rings (SSSR count). The third kappa shape index (κ3) is 2.05. The molecule has 1 unspecified atom stereocenters. The van der Waals surface area contributed by atoms with Crippen LogP contribution in [0.2, 0.25) is 0 Å². The highest BCUT2D eigenvalue weighted by atomic mass is 16.2. The summed E-state index contributed by atoms with van der Waals surface area (Å²) in [6.07, 6.45) is 5.33. The quantitative estimate of drug-likeness (QED) is 0.891. The predicted octanol–water partition coefficient (Wildman–Crippen LogP) is 0.710. The second-order valence-corrected chi connectivity index (χ2v) is 4.77. The zero-order valence-corrected chi connectivity index (χ0v) is 10.8. The van der Waals surface area contributed by atoms with Crippen molar-refractivity contribution in [3.8, 4) is 5.69 Å². The van der Waals surface area contributed by atoms with Crippen molar-refractivity contribution in [2.24, 2.45) is 11.7 Å². The predicted molar refractivity (Wildman–Crippen MR) is 73.2 cm³/mol. The van der Waals surface area contributed by atoms with Gasteiger partial charge < -0.3 is 15.2 Å². The topological polar surface area (TPSA) is 81.2 Å². The summed E-state index contributed by atoms with van der Waals surface area (Å²) in [6.45, 7) is 0.333. The number of primary amides is 1. The lowest BCUT2D eigenvalue weighted by Crippen LogP contribution is -2.29. The number of nitrogens with zero attached hydrogens (tertiary/aromatic N) is 3. The molecular weight excluding hydrogens is 256 g/mol. The van der Waals surface area contributed by atoms with E-state index in [1.807, 2.05) is 35.0 Å². The highest BCUT2D eigenvalue weighted by molar-refractivity contribution is 6.01. The Labute approximate surface area is 115 Å². The van der Waals surface area contributed by atoms with Gasteiger partial charge in [0.25, 0.3) is 0 Å². The van der Waals surface area contributed by atoms with Crippen LogP contribution in [0.25, 0.3) is 5.69 Å². The molecule has 102 valence electrons. The third-order valence-corrected chi connectivity index (χ3v) is 3.48. The molecule has 6 nitrogen and oxygen atoms in total. The molecule has 1 aliphatic heterocycles.